The van der Waals surface area contributed by atoms with E-state index in [2.05, 4.69) is 48.7 Å². The predicted molar refractivity (Wildman–Crippen MR) is 89.8 cm³/mol. The third kappa shape index (κ3) is 5.21. The summed E-state index contributed by atoms with van der Waals surface area (Å²) in [6, 6.07) is 4.22. The molecule has 0 fully saturated rings. The fourth-order valence-corrected chi connectivity index (χ4v) is 2.22. The van der Waals surface area contributed by atoms with Crippen LogP contribution in [0.2, 0.25) is 0 Å². The Kier molecular flexibility index (Phi) is 6.40. The van der Waals surface area contributed by atoms with E-state index in [9.17, 15) is 4.79 Å². The summed E-state index contributed by atoms with van der Waals surface area (Å²) in [4.78, 5) is 11.8. The van der Waals surface area contributed by atoms with Crippen LogP contribution in [0.5, 0.6) is 0 Å². The number of carbonyl (C=O) groups excluding carboxylic acids is 1. The fraction of sp³-hybridized carbons (Fsp3) is 0.529. The molecule has 2 N–H and O–H groups in total. The summed E-state index contributed by atoms with van der Waals surface area (Å²) in [5, 5.41) is 7.34. The number of nitrogens with zero attached hydrogens (tertiary/aromatic N) is 1. The molecule has 0 radical (unpaired) electrons. The van der Waals surface area contributed by atoms with E-state index in [0.717, 1.165) is 28.9 Å². The molecule has 0 aliphatic rings. The minimum Gasteiger partial charge on any atom is -0.376 e. The molecule has 4 nitrogen and oxygen atoms in total. The largest absolute Gasteiger partial charge is 0.376 e. The van der Waals surface area contributed by atoms with Gasteiger partial charge < -0.3 is 5.32 Å². The van der Waals surface area contributed by atoms with Gasteiger partial charge in [-0.25, -0.2) is 5.43 Å². The highest BCUT2D eigenvalue weighted by atomic mass is 16.2. The number of rotatable bonds is 6. The maximum absolute atomic E-state index is 11.8. The van der Waals surface area contributed by atoms with Crippen LogP contribution in [0.1, 0.15) is 43.9 Å². The van der Waals surface area contributed by atoms with Crippen LogP contribution in [0.4, 0.5) is 5.69 Å². The van der Waals surface area contributed by atoms with Crippen LogP contribution in [-0.4, -0.2) is 18.2 Å². The van der Waals surface area contributed by atoms with Gasteiger partial charge >= 0.3 is 0 Å². The van der Waals surface area contributed by atoms with Crippen molar-refractivity contribution in [2.45, 2.75) is 48.0 Å². The van der Waals surface area contributed by atoms with Gasteiger partial charge in [0.05, 0.1) is 6.54 Å². The number of nitrogens with one attached hydrogen (secondary N) is 2. The minimum atomic E-state index is -0.128. The van der Waals surface area contributed by atoms with E-state index >= 15 is 0 Å². The number of carbonyl (C=O) groups is 1. The smallest absolute Gasteiger partial charge is 0.259 e. The Bertz CT molecular complexity index is 512. The van der Waals surface area contributed by atoms with Gasteiger partial charge in [-0.2, -0.15) is 5.10 Å². The highest BCUT2D eigenvalue weighted by molar-refractivity contribution is 5.87. The van der Waals surface area contributed by atoms with E-state index < -0.39 is 0 Å². The number of hydrogen-bond acceptors (Lipinski definition) is 3. The first kappa shape index (κ1) is 17.2. The van der Waals surface area contributed by atoms with Crippen LogP contribution in [0, 0.1) is 26.7 Å². The van der Waals surface area contributed by atoms with Crippen molar-refractivity contribution < 1.29 is 4.79 Å². The number of anilines is 1. The SMILES string of the molecule is CC[C@@H](C)/C(C)=N\NC(=O)CNc1c(C)cc(C)cc1C. The van der Waals surface area contributed by atoms with Gasteiger partial charge in [0, 0.05) is 11.4 Å². The lowest BCUT2D eigenvalue weighted by atomic mass is 10.1. The third-order valence-electron chi connectivity index (χ3n) is 3.79. The molecule has 0 saturated carbocycles. The fourth-order valence-electron chi connectivity index (χ4n) is 2.22. The Morgan fingerprint density at radius 2 is 1.81 bits per heavy atom. The summed E-state index contributed by atoms with van der Waals surface area (Å²) < 4.78 is 0. The Morgan fingerprint density at radius 3 is 2.33 bits per heavy atom. The second kappa shape index (κ2) is 7.81. The molecule has 1 rings (SSSR count). The van der Waals surface area contributed by atoms with Crippen molar-refractivity contribution in [3.8, 4) is 0 Å². The molecule has 0 spiro atoms. The summed E-state index contributed by atoms with van der Waals surface area (Å²) >= 11 is 0. The van der Waals surface area contributed by atoms with Crippen molar-refractivity contribution >= 4 is 17.3 Å². The number of hydrazone groups is 1. The monoisotopic (exact) mass is 289 g/mol. The quantitative estimate of drug-likeness (QED) is 0.621. The van der Waals surface area contributed by atoms with Crippen molar-refractivity contribution in [3.05, 3.63) is 28.8 Å². The van der Waals surface area contributed by atoms with Crippen LogP contribution in [0.3, 0.4) is 0 Å². The molecule has 1 amide bonds. The lowest BCUT2D eigenvalue weighted by molar-refractivity contribution is -0.119. The van der Waals surface area contributed by atoms with Crippen molar-refractivity contribution in [1.82, 2.24) is 5.43 Å². The highest BCUT2D eigenvalue weighted by Crippen LogP contribution is 2.21. The molecule has 0 saturated heterocycles. The van der Waals surface area contributed by atoms with Gasteiger partial charge in [0.25, 0.3) is 5.91 Å². The van der Waals surface area contributed by atoms with Gasteiger partial charge in [-0.3, -0.25) is 4.79 Å². The van der Waals surface area contributed by atoms with E-state index in [1.54, 1.807) is 0 Å². The molecule has 4 heteroatoms. The number of amides is 1. The number of benzene rings is 1. The zero-order valence-corrected chi connectivity index (χ0v) is 14.0. The van der Waals surface area contributed by atoms with Gasteiger partial charge in [-0.15, -0.1) is 0 Å². The Labute approximate surface area is 128 Å². The van der Waals surface area contributed by atoms with Crippen LogP contribution in [0.15, 0.2) is 17.2 Å². The molecule has 0 aliphatic carbocycles. The van der Waals surface area contributed by atoms with E-state index in [0.29, 0.717) is 5.92 Å². The van der Waals surface area contributed by atoms with E-state index in [1.165, 1.54) is 5.56 Å². The first-order valence-electron chi connectivity index (χ1n) is 7.49. The van der Waals surface area contributed by atoms with Crippen molar-refractivity contribution in [1.29, 1.82) is 0 Å². The van der Waals surface area contributed by atoms with E-state index in [4.69, 9.17) is 0 Å². The summed E-state index contributed by atoms with van der Waals surface area (Å²) in [6.45, 7) is 12.5. The predicted octanol–water partition coefficient (Wildman–Crippen LogP) is 3.56. The molecular formula is C17H27N3O. The average molecular weight is 289 g/mol. The molecule has 1 atom stereocenters. The van der Waals surface area contributed by atoms with Crippen molar-refractivity contribution in [2.24, 2.45) is 11.0 Å². The molecule has 0 aliphatic heterocycles. The molecule has 21 heavy (non-hydrogen) atoms. The molecule has 0 aromatic heterocycles. The Hall–Kier alpha value is -1.84. The molecular weight excluding hydrogens is 262 g/mol. The zero-order valence-electron chi connectivity index (χ0n) is 14.0. The Balaban J connectivity index is 2.58. The molecule has 0 heterocycles. The van der Waals surface area contributed by atoms with E-state index in [-0.39, 0.29) is 12.5 Å². The highest BCUT2D eigenvalue weighted by Gasteiger charge is 2.07. The van der Waals surface area contributed by atoms with Gasteiger partial charge in [0.2, 0.25) is 0 Å². The van der Waals surface area contributed by atoms with E-state index in [1.807, 2.05) is 20.8 Å². The minimum absolute atomic E-state index is 0.128. The third-order valence-corrected chi connectivity index (χ3v) is 3.79. The first-order valence-corrected chi connectivity index (χ1v) is 7.49. The maximum atomic E-state index is 11.8. The lowest BCUT2D eigenvalue weighted by Crippen LogP contribution is -2.27. The Morgan fingerprint density at radius 1 is 1.24 bits per heavy atom. The summed E-state index contributed by atoms with van der Waals surface area (Å²) in [5.74, 6) is 0.261. The molecule has 0 unspecified atom stereocenters. The van der Waals surface area contributed by atoms with Crippen molar-refractivity contribution in [3.63, 3.8) is 0 Å². The number of aryl methyl sites for hydroxylation is 3. The summed E-state index contributed by atoms with van der Waals surface area (Å²) in [5.41, 5.74) is 8.12. The van der Waals surface area contributed by atoms with Gasteiger partial charge in [-0.1, -0.05) is 31.5 Å². The second-order valence-electron chi connectivity index (χ2n) is 5.72. The van der Waals surface area contributed by atoms with Crippen LogP contribution >= 0.6 is 0 Å². The van der Waals surface area contributed by atoms with Gasteiger partial charge in [0.1, 0.15) is 0 Å². The normalized spacial score (nSPS) is 13.0. The topological polar surface area (TPSA) is 53.5 Å². The van der Waals surface area contributed by atoms with Gasteiger partial charge in [-0.05, 0) is 51.2 Å². The van der Waals surface area contributed by atoms with Gasteiger partial charge in [0.15, 0.2) is 0 Å². The maximum Gasteiger partial charge on any atom is 0.259 e. The van der Waals surface area contributed by atoms with Crippen molar-refractivity contribution in [2.75, 3.05) is 11.9 Å². The second-order valence-corrected chi connectivity index (χ2v) is 5.72. The lowest BCUT2D eigenvalue weighted by Gasteiger charge is -2.13. The van der Waals surface area contributed by atoms with Crippen LogP contribution < -0.4 is 10.7 Å². The molecule has 0 bridgehead atoms. The average Bonchev–Trinajstić information content (AvgIpc) is 2.42. The van der Waals surface area contributed by atoms with Crippen LogP contribution in [0.25, 0.3) is 0 Å². The standard InChI is InChI=1S/C17H27N3O/c1-7-12(3)15(6)19-20-16(21)10-18-17-13(4)8-11(2)9-14(17)5/h8-9,12,18H,7,10H2,1-6H3,(H,20,21)/b19-15-/t12-/m1/s1. The number of hydrogen-bond donors (Lipinski definition) is 2. The molecule has 1 aromatic carbocycles. The zero-order chi connectivity index (χ0) is 16.0. The summed E-state index contributed by atoms with van der Waals surface area (Å²) in [6.07, 6.45) is 1.02. The summed E-state index contributed by atoms with van der Waals surface area (Å²) in [7, 11) is 0. The van der Waals surface area contributed by atoms with Crippen LogP contribution in [-0.2, 0) is 4.79 Å². The first-order chi connectivity index (χ1) is 9.85. The molecule has 116 valence electrons. The molecule has 1 aromatic rings.